The Kier molecular flexibility index (Phi) is 4.91. The maximum atomic E-state index is 12.9. The van der Waals surface area contributed by atoms with Gasteiger partial charge in [-0.15, -0.1) is 6.58 Å². The molecule has 1 N–H and O–H groups in total. The van der Waals surface area contributed by atoms with Crippen LogP contribution >= 0.6 is 0 Å². The zero-order chi connectivity index (χ0) is 18.1. The molecule has 0 radical (unpaired) electrons. The van der Waals surface area contributed by atoms with Gasteiger partial charge in [-0.1, -0.05) is 19.9 Å². The molecule has 0 fully saturated rings. The number of hydrogen-bond donors (Lipinski definition) is 1. The van der Waals surface area contributed by atoms with E-state index in [0.29, 0.717) is 12.1 Å². The number of rotatable bonds is 5. The van der Waals surface area contributed by atoms with Gasteiger partial charge < -0.3 is 5.32 Å². The summed E-state index contributed by atoms with van der Waals surface area (Å²) in [5.41, 5.74) is 0.587. The molecule has 7 nitrogen and oxygen atoms in total. The van der Waals surface area contributed by atoms with Crippen molar-refractivity contribution in [2.75, 3.05) is 6.54 Å². The first-order chi connectivity index (χ1) is 11.2. The normalized spacial score (nSPS) is 11.9. The molecule has 2 heterocycles. The molecule has 24 heavy (non-hydrogen) atoms. The lowest BCUT2D eigenvalue weighted by Gasteiger charge is -2.21. The molecule has 0 bridgehead atoms. The maximum Gasteiger partial charge on any atom is 0.293 e. The second-order valence-electron chi connectivity index (χ2n) is 7.08. The molecule has 2 aromatic heterocycles. The van der Waals surface area contributed by atoms with Gasteiger partial charge in [0.2, 0.25) is 5.91 Å². The van der Waals surface area contributed by atoms with E-state index in [1.54, 1.807) is 17.0 Å². The standard InChI is InChI=1S/C17H25N5O2/c1-7-8-18-13(23)10-21-16(24)15-12(14(20-21)11(2)3)9-19-22(15)17(4,5)6/h7,9,11H,1,8,10H2,2-6H3,(H,18,23). The van der Waals surface area contributed by atoms with E-state index in [-0.39, 0.29) is 29.5 Å². The Morgan fingerprint density at radius 3 is 2.62 bits per heavy atom. The average Bonchev–Trinajstić information content (AvgIpc) is 2.93. The third-order valence-corrected chi connectivity index (χ3v) is 3.63. The molecule has 1 amide bonds. The van der Waals surface area contributed by atoms with Crippen LogP contribution in [0.1, 0.15) is 46.2 Å². The average molecular weight is 331 g/mol. The summed E-state index contributed by atoms with van der Waals surface area (Å²) in [4.78, 5) is 24.9. The van der Waals surface area contributed by atoms with Crippen LogP contribution in [0.2, 0.25) is 0 Å². The van der Waals surface area contributed by atoms with Gasteiger partial charge in [-0.2, -0.15) is 10.2 Å². The monoisotopic (exact) mass is 331 g/mol. The molecule has 0 saturated carbocycles. The fraction of sp³-hybridized carbons (Fsp3) is 0.529. The lowest BCUT2D eigenvalue weighted by molar-refractivity contribution is -0.121. The summed E-state index contributed by atoms with van der Waals surface area (Å²) < 4.78 is 2.93. The molecule has 2 rings (SSSR count). The van der Waals surface area contributed by atoms with E-state index in [1.807, 2.05) is 34.6 Å². The molecule has 0 unspecified atom stereocenters. The van der Waals surface area contributed by atoms with Crippen molar-refractivity contribution < 1.29 is 4.79 Å². The maximum absolute atomic E-state index is 12.9. The Morgan fingerprint density at radius 1 is 1.42 bits per heavy atom. The summed E-state index contributed by atoms with van der Waals surface area (Å²) in [5, 5.41) is 12.2. The van der Waals surface area contributed by atoms with Crippen molar-refractivity contribution >= 4 is 16.8 Å². The van der Waals surface area contributed by atoms with Crippen molar-refractivity contribution in [1.29, 1.82) is 0 Å². The minimum Gasteiger partial charge on any atom is -0.351 e. The van der Waals surface area contributed by atoms with Crippen molar-refractivity contribution in [2.45, 2.75) is 52.6 Å². The highest BCUT2D eigenvalue weighted by atomic mass is 16.2. The zero-order valence-electron chi connectivity index (χ0n) is 15.0. The largest absolute Gasteiger partial charge is 0.351 e. The third kappa shape index (κ3) is 3.39. The van der Waals surface area contributed by atoms with Crippen LogP contribution < -0.4 is 10.9 Å². The second kappa shape index (κ2) is 6.59. The number of carbonyl (C=O) groups is 1. The predicted octanol–water partition coefficient (Wildman–Crippen LogP) is 1.77. The van der Waals surface area contributed by atoms with Gasteiger partial charge in [0, 0.05) is 11.9 Å². The summed E-state index contributed by atoms with van der Waals surface area (Å²) in [6, 6.07) is 0. The van der Waals surface area contributed by atoms with Gasteiger partial charge in [-0.05, 0) is 26.7 Å². The summed E-state index contributed by atoms with van der Waals surface area (Å²) in [7, 11) is 0. The lowest BCUT2D eigenvalue weighted by Crippen LogP contribution is -2.36. The number of nitrogens with zero attached hydrogens (tertiary/aromatic N) is 4. The Labute approximate surface area is 141 Å². The number of nitrogens with one attached hydrogen (secondary N) is 1. The molecular formula is C17H25N5O2. The van der Waals surface area contributed by atoms with Crippen molar-refractivity contribution in [3.05, 3.63) is 34.9 Å². The van der Waals surface area contributed by atoms with Crippen molar-refractivity contribution in [2.24, 2.45) is 0 Å². The highest BCUT2D eigenvalue weighted by Gasteiger charge is 2.24. The molecule has 130 valence electrons. The first-order valence-electron chi connectivity index (χ1n) is 8.03. The molecule has 0 aliphatic carbocycles. The highest BCUT2D eigenvalue weighted by Crippen LogP contribution is 2.24. The molecular weight excluding hydrogens is 306 g/mol. The molecule has 0 atom stereocenters. The van der Waals surface area contributed by atoms with Crippen LogP contribution in [0, 0.1) is 0 Å². The fourth-order valence-corrected chi connectivity index (χ4v) is 2.51. The molecule has 0 aliphatic heterocycles. The predicted molar refractivity (Wildman–Crippen MR) is 94.1 cm³/mol. The van der Waals surface area contributed by atoms with Crippen LogP contribution in [0.25, 0.3) is 10.9 Å². The molecule has 0 aromatic carbocycles. The molecule has 0 saturated heterocycles. The smallest absolute Gasteiger partial charge is 0.293 e. The van der Waals surface area contributed by atoms with E-state index in [4.69, 9.17) is 0 Å². The van der Waals surface area contributed by atoms with E-state index in [2.05, 4.69) is 22.1 Å². The molecule has 0 spiro atoms. The second-order valence-corrected chi connectivity index (χ2v) is 7.08. The number of amides is 1. The van der Waals surface area contributed by atoms with Gasteiger partial charge in [-0.3, -0.25) is 14.3 Å². The molecule has 0 aliphatic rings. The van der Waals surface area contributed by atoms with Crippen LogP contribution in [0.3, 0.4) is 0 Å². The zero-order valence-corrected chi connectivity index (χ0v) is 15.0. The van der Waals surface area contributed by atoms with E-state index < -0.39 is 0 Å². The first-order valence-corrected chi connectivity index (χ1v) is 8.03. The van der Waals surface area contributed by atoms with Gasteiger partial charge >= 0.3 is 0 Å². The Bertz CT molecular complexity index is 824. The number of hydrogen-bond acceptors (Lipinski definition) is 4. The number of carbonyl (C=O) groups excluding carboxylic acids is 1. The van der Waals surface area contributed by atoms with E-state index in [0.717, 1.165) is 11.1 Å². The molecule has 7 heteroatoms. The molecule has 2 aromatic rings. The van der Waals surface area contributed by atoms with E-state index >= 15 is 0 Å². The quantitative estimate of drug-likeness (QED) is 0.847. The van der Waals surface area contributed by atoms with Crippen LogP contribution in [-0.2, 0) is 16.9 Å². The third-order valence-electron chi connectivity index (χ3n) is 3.63. The van der Waals surface area contributed by atoms with Crippen LogP contribution in [0.15, 0.2) is 23.6 Å². The summed E-state index contributed by atoms with van der Waals surface area (Å²) >= 11 is 0. The summed E-state index contributed by atoms with van der Waals surface area (Å²) in [6.45, 7) is 13.7. The number of aromatic nitrogens is 4. The van der Waals surface area contributed by atoms with Crippen LogP contribution in [-0.4, -0.2) is 32.0 Å². The summed E-state index contributed by atoms with van der Waals surface area (Å²) in [6.07, 6.45) is 3.28. The van der Waals surface area contributed by atoms with Gasteiger partial charge in [0.15, 0.2) is 0 Å². The van der Waals surface area contributed by atoms with Gasteiger partial charge in [0.1, 0.15) is 12.1 Å². The van der Waals surface area contributed by atoms with E-state index in [1.165, 1.54) is 4.68 Å². The minimum absolute atomic E-state index is 0.105. The summed E-state index contributed by atoms with van der Waals surface area (Å²) in [5.74, 6) is -0.173. The van der Waals surface area contributed by atoms with Crippen molar-refractivity contribution in [3.8, 4) is 0 Å². The minimum atomic E-state index is -0.348. The lowest BCUT2D eigenvalue weighted by atomic mass is 10.1. The highest BCUT2D eigenvalue weighted by molar-refractivity contribution is 5.81. The Balaban J connectivity index is 2.64. The van der Waals surface area contributed by atoms with Gasteiger partial charge in [-0.25, -0.2) is 4.68 Å². The van der Waals surface area contributed by atoms with E-state index in [9.17, 15) is 9.59 Å². The first kappa shape index (κ1) is 17.9. The van der Waals surface area contributed by atoms with Gasteiger partial charge in [0.05, 0.1) is 17.4 Å². The SMILES string of the molecule is C=CCNC(=O)Cn1nc(C(C)C)c2cnn(C(C)(C)C)c2c1=O. The topological polar surface area (TPSA) is 81.8 Å². The van der Waals surface area contributed by atoms with Crippen molar-refractivity contribution in [3.63, 3.8) is 0 Å². The van der Waals surface area contributed by atoms with Crippen LogP contribution in [0.4, 0.5) is 0 Å². The Morgan fingerprint density at radius 2 is 2.08 bits per heavy atom. The number of fused-ring (bicyclic) bond motifs is 1. The van der Waals surface area contributed by atoms with Crippen molar-refractivity contribution in [1.82, 2.24) is 24.9 Å². The van der Waals surface area contributed by atoms with Gasteiger partial charge in [0.25, 0.3) is 5.56 Å². The van der Waals surface area contributed by atoms with Crippen LogP contribution in [0.5, 0.6) is 0 Å². The Hall–Kier alpha value is -2.44. The fourth-order valence-electron chi connectivity index (χ4n) is 2.51.